The zero-order chi connectivity index (χ0) is 15.1. The number of alkyl halides is 3. The van der Waals surface area contributed by atoms with Crippen LogP contribution in [-0.4, -0.2) is 19.7 Å². The maximum Gasteiger partial charge on any atom is 0.433 e. The van der Waals surface area contributed by atoms with Crippen LogP contribution in [0.2, 0.25) is 5.28 Å². The number of rotatable bonds is 2. The van der Waals surface area contributed by atoms with Crippen LogP contribution in [0.5, 0.6) is 11.6 Å². The van der Waals surface area contributed by atoms with E-state index in [2.05, 4.69) is 15.1 Å². The number of aromatic nitrogens is 4. The van der Waals surface area contributed by atoms with E-state index in [1.54, 1.807) is 25.6 Å². The zero-order valence-corrected chi connectivity index (χ0v) is 11.5. The highest BCUT2D eigenvalue weighted by molar-refractivity contribution is 6.28. The van der Waals surface area contributed by atoms with Gasteiger partial charge in [-0.2, -0.15) is 23.3 Å². The first-order chi connectivity index (χ1) is 9.18. The van der Waals surface area contributed by atoms with Crippen molar-refractivity contribution in [3.63, 3.8) is 0 Å². The van der Waals surface area contributed by atoms with Crippen molar-refractivity contribution in [2.45, 2.75) is 20.0 Å². The highest BCUT2D eigenvalue weighted by atomic mass is 35.5. The minimum atomic E-state index is -4.62. The van der Waals surface area contributed by atoms with Crippen molar-refractivity contribution < 1.29 is 17.9 Å². The molecule has 0 N–H and O–H groups in total. The lowest BCUT2D eigenvalue weighted by molar-refractivity contribution is -0.141. The number of halogens is 4. The van der Waals surface area contributed by atoms with E-state index in [9.17, 15) is 13.2 Å². The Labute approximate surface area is 117 Å². The minimum Gasteiger partial charge on any atom is -0.435 e. The second-order valence-corrected chi connectivity index (χ2v) is 4.42. The summed E-state index contributed by atoms with van der Waals surface area (Å²) in [5, 5.41) is 3.56. The van der Waals surface area contributed by atoms with E-state index in [0.29, 0.717) is 23.2 Å². The van der Waals surface area contributed by atoms with E-state index < -0.39 is 17.2 Å². The Bertz CT molecular complexity index is 654. The van der Waals surface area contributed by atoms with Gasteiger partial charge in [0.15, 0.2) is 11.4 Å². The van der Waals surface area contributed by atoms with Gasteiger partial charge in [0.05, 0.1) is 5.69 Å². The average molecular weight is 307 g/mol. The molecular weight excluding hydrogens is 297 g/mol. The third kappa shape index (κ3) is 2.84. The third-order valence-corrected chi connectivity index (χ3v) is 2.78. The lowest BCUT2D eigenvalue weighted by Crippen LogP contribution is -2.09. The second-order valence-electron chi connectivity index (χ2n) is 4.08. The summed E-state index contributed by atoms with van der Waals surface area (Å²) in [6.07, 6.45) is -4.62. The van der Waals surface area contributed by atoms with Gasteiger partial charge < -0.3 is 4.74 Å². The zero-order valence-electron chi connectivity index (χ0n) is 10.8. The van der Waals surface area contributed by atoms with E-state index in [1.807, 2.05) is 0 Å². The Balaban J connectivity index is 2.41. The van der Waals surface area contributed by atoms with Gasteiger partial charge in [-0.3, -0.25) is 4.68 Å². The molecule has 0 radical (unpaired) electrons. The Morgan fingerprint density at radius 3 is 2.40 bits per heavy atom. The average Bonchev–Trinajstić information content (AvgIpc) is 2.54. The van der Waals surface area contributed by atoms with Crippen LogP contribution < -0.4 is 4.74 Å². The molecule has 0 spiro atoms. The summed E-state index contributed by atoms with van der Waals surface area (Å²) >= 11 is 5.48. The lowest BCUT2D eigenvalue weighted by atomic mass is 10.3. The maximum absolute atomic E-state index is 12.6. The maximum atomic E-state index is 12.6. The van der Waals surface area contributed by atoms with Gasteiger partial charge in [-0.25, -0.2) is 4.98 Å². The Hall–Kier alpha value is -1.83. The Kier molecular flexibility index (Phi) is 3.59. The van der Waals surface area contributed by atoms with Crippen molar-refractivity contribution in [1.29, 1.82) is 0 Å². The van der Waals surface area contributed by atoms with Crippen molar-refractivity contribution in [3.05, 3.63) is 28.4 Å². The summed E-state index contributed by atoms with van der Waals surface area (Å²) in [5.74, 6) is 0.0620. The van der Waals surface area contributed by atoms with Crippen molar-refractivity contribution in [2.75, 3.05) is 0 Å². The van der Waals surface area contributed by atoms with Crippen molar-refractivity contribution >= 4 is 11.6 Å². The normalized spacial score (nSPS) is 11.8. The van der Waals surface area contributed by atoms with Crippen LogP contribution in [0.1, 0.15) is 17.1 Å². The van der Waals surface area contributed by atoms with Gasteiger partial charge in [-0.05, 0) is 25.4 Å². The molecule has 0 fully saturated rings. The molecule has 2 heterocycles. The van der Waals surface area contributed by atoms with Crippen molar-refractivity contribution in [1.82, 2.24) is 19.7 Å². The van der Waals surface area contributed by atoms with E-state index >= 15 is 0 Å². The molecule has 0 saturated carbocycles. The number of nitrogens with zero attached hydrogens (tertiary/aromatic N) is 4. The van der Waals surface area contributed by atoms with E-state index in [0.717, 1.165) is 0 Å². The highest BCUT2D eigenvalue weighted by Gasteiger charge is 2.34. The molecule has 0 unspecified atom stereocenters. The standard InChI is InChI=1S/C11H10ClF3N4O/c1-5-9(6(2)19(3)18-5)20-8-4-7(11(13,14)15)16-10(12)17-8/h4H,1-3H3. The molecule has 2 aromatic heterocycles. The predicted octanol–water partition coefficient (Wildman–Crippen LogP) is 3.29. The molecule has 108 valence electrons. The summed E-state index contributed by atoms with van der Waals surface area (Å²) in [5.41, 5.74) is 0.0331. The van der Waals surface area contributed by atoms with Crippen molar-refractivity contribution in [2.24, 2.45) is 7.05 Å². The molecule has 0 aromatic carbocycles. The highest BCUT2D eigenvalue weighted by Crippen LogP contribution is 2.33. The summed E-state index contributed by atoms with van der Waals surface area (Å²) in [6, 6.07) is 0.692. The Morgan fingerprint density at radius 1 is 1.25 bits per heavy atom. The number of aryl methyl sites for hydroxylation is 2. The second kappa shape index (κ2) is 4.93. The smallest absolute Gasteiger partial charge is 0.433 e. The molecule has 9 heteroatoms. The first-order valence-electron chi connectivity index (χ1n) is 5.48. The van der Waals surface area contributed by atoms with Crippen LogP contribution in [0.3, 0.4) is 0 Å². The van der Waals surface area contributed by atoms with Gasteiger partial charge in [-0.1, -0.05) is 0 Å². The molecular formula is C11H10ClF3N4O. The van der Waals surface area contributed by atoms with E-state index in [4.69, 9.17) is 16.3 Å². The molecule has 0 aliphatic heterocycles. The number of ether oxygens (including phenoxy) is 1. The molecule has 2 aromatic rings. The van der Waals surface area contributed by atoms with Gasteiger partial charge in [-0.15, -0.1) is 0 Å². The molecule has 0 aliphatic carbocycles. The molecule has 2 rings (SSSR count). The summed E-state index contributed by atoms with van der Waals surface area (Å²) in [4.78, 5) is 6.75. The molecule has 0 bridgehead atoms. The third-order valence-electron chi connectivity index (χ3n) is 2.62. The fourth-order valence-electron chi connectivity index (χ4n) is 1.60. The molecule has 0 atom stereocenters. The largest absolute Gasteiger partial charge is 0.435 e. The molecule has 0 aliphatic rings. The van der Waals surface area contributed by atoms with E-state index in [-0.39, 0.29) is 5.88 Å². The number of hydrogen-bond acceptors (Lipinski definition) is 4. The van der Waals surface area contributed by atoms with Crippen LogP contribution >= 0.6 is 11.6 Å². The molecule has 20 heavy (non-hydrogen) atoms. The first-order valence-corrected chi connectivity index (χ1v) is 5.86. The summed E-state index contributed by atoms with van der Waals surface area (Å²) in [7, 11) is 1.70. The fourth-order valence-corrected chi connectivity index (χ4v) is 1.78. The summed E-state index contributed by atoms with van der Waals surface area (Å²) in [6.45, 7) is 3.40. The SMILES string of the molecule is Cc1nn(C)c(C)c1Oc1cc(C(F)(F)F)nc(Cl)n1. The molecule has 0 amide bonds. The number of hydrogen-bond donors (Lipinski definition) is 0. The van der Waals surface area contributed by atoms with Gasteiger partial charge in [0, 0.05) is 13.1 Å². The van der Waals surface area contributed by atoms with Gasteiger partial charge in [0.25, 0.3) is 0 Å². The first kappa shape index (κ1) is 14.6. The van der Waals surface area contributed by atoms with Crippen LogP contribution in [-0.2, 0) is 13.2 Å². The van der Waals surface area contributed by atoms with Crippen LogP contribution in [0.25, 0.3) is 0 Å². The molecule has 0 saturated heterocycles. The summed E-state index contributed by atoms with van der Waals surface area (Å²) < 4.78 is 44.8. The van der Waals surface area contributed by atoms with Gasteiger partial charge in [0.1, 0.15) is 5.69 Å². The fraction of sp³-hybridized carbons (Fsp3) is 0.364. The van der Waals surface area contributed by atoms with Crippen molar-refractivity contribution in [3.8, 4) is 11.6 Å². The van der Waals surface area contributed by atoms with Crippen LogP contribution in [0, 0.1) is 13.8 Å². The van der Waals surface area contributed by atoms with Gasteiger partial charge in [0.2, 0.25) is 11.2 Å². The predicted molar refractivity (Wildman–Crippen MR) is 64.8 cm³/mol. The Morgan fingerprint density at radius 2 is 1.90 bits per heavy atom. The monoisotopic (exact) mass is 306 g/mol. The quantitative estimate of drug-likeness (QED) is 0.799. The van der Waals surface area contributed by atoms with Gasteiger partial charge >= 0.3 is 6.18 Å². The lowest BCUT2D eigenvalue weighted by Gasteiger charge is -2.09. The van der Waals surface area contributed by atoms with Crippen LogP contribution in [0.4, 0.5) is 13.2 Å². The van der Waals surface area contributed by atoms with E-state index in [1.165, 1.54) is 0 Å². The topological polar surface area (TPSA) is 52.8 Å². The van der Waals surface area contributed by atoms with Crippen LogP contribution in [0.15, 0.2) is 6.07 Å². The molecule has 5 nitrogen and oxygen atoms in total. The minimum absolute atomic E-state index is 0.281.